The average Bonchev–Trinajstić information content (AvgIpc) is 3.97. The van der Waals surface area contributed by atoms with Crippen LogP contribution in [0.15, 0.2) is 74.6 Å². The highest BCUT2D eigenvalue weighted by atomic mass is 127. The van der Waals surface area contributed by atoms with Crippen LogP contribution >= 0.6 is 45.5 Å². The van der Waals surface area contributed by atoms with Gasteiger partial charge in [0.2, 0.25) is 11.8 Å². The Balaban J connectivity index is 1.06. The lowest BCUT2D eigenvalue weighted by molar-refractivity contribution is -0.129. The molecular weight excluding hydrogens is 1000 g/mol. The summed E-state index contributed by atoms with van der Waals surface area (Å²) in [4.78, 5) is 79.6. The van der Waals surface area contributed by atoms with Gasteiger partial charge in [-0.05, 0) is 95.3 Å². The Kier molecular flexibility index (Phi) is 10.4. The molecule has 1 aliphatic carbocycles. The second kappa shape index (κ2) is 15.7. The predicted octanol–water partition coefficient (Wildman–Crippen LogP) is 6.08. The number of amides is 2. The maximum absolute atomic E-state index is 15.3. The summed E-state index contributed by atoms with van der Waals surface area (Å²) in [6.07, 6.45) is 1.84. The summed E-state index contributed by atoms with van der Waals surface area (Å²) < 4.78 is 24.7. The first-order valence-electron chi connectivity index (χ1n) is 20.9. The van der Waals surface area contributed by atoms with Crippen molar-refractivity contribution in [2.75, 3.05) is 26.2 Å². The number of thiophene rings is 1. The van der Waals surface area contributed by atoms with Crippen molar-refractivity contribution in [1.29, 1.82) is 0 Å². The number of fused-ring (bicyclic) bond motifs is 6. The Morgan fingerprint density at radius 2 is 1.68 bits per heavy atom. The van der Waals surface area contributed by atoms with E-state index < -0.39 is 52.0 Å². The second-order valence-corrected chi connectivity index (χ2v) is 19.6. The molecule has 2 amide bonds. The van der Waals surface area contributed by atoms with Gasteiger partial charge in [-0.1, -0.05) is 17.7 Å². The minimum absolute atomic E-state index is 0.00917. The van der Waals surface area contributed by atoms with Gasteiger partial charge in [-0.25, -0.2) is 33.4 Å². The fourth-order valence-electron chi connectivity index (χ4n) is 10.3. The lowest BCUT2D eigenvalue weighted by Crippen LogP contribution is -2.49. The molecule has 2 fully saturated rings. The van der Waals surface area contributed by atoms with Crippen LogP contribution in [0.5, 0.6) is 23.0 Å². The lowest BCUT2D eigenvalue weighted by Gasteiger charge is -2.47. The first kappa shape index (κ1) is 43.7. The van der Waals surface area contributed by atoms with Crippen LogP contribution in [-0.2, 0) is 43.2 Å². The molecule has 4 atom stereocenters. The zero-order chi connectivity index (χ0) is 46.8. The number of rotatable bonds is 9. The van der Waals surface area contributed by atoms with Crippen LogP contribution in [0.3, 0.4) is 0 Å². The molecule has 20 heteroatoms. The third-order valence-electron chi connectivity index (χ3n) is 13.7. The largest absolute Gasteiger partial charge is 0.504 e. The monoisotopic (exact) mass is 1040 g/mol. The molecule has 0 spiro atoms. The molecule has 1 saturated carbocycles. The molecule has 3 aliphatic rings. The normalized spacial score (nSPS) is 20.2. The number of methoxy groups -OCH3 is 3. The Labute approximate surface area is 398 Å². The van der Waals surface area contributed by atoms with Gasteiger partial charge >= 0.3 is 11.4 Å². The summed E-state index contributed by atoms with van der Waals surface area (Å²) in [6.45, 7) is 3.60. The maximum atomic E-state index is 15.3. The molecule has 4 aromatic heterocycles. The number of aryl methyl sites for hydroxylation is 4. The van der Waals surface area contributed by atoms with Crippen molar-refractivity contribution in [3.8, 4) is 33.6 Å². The van der Waals surface area contributed by atoms with Gasteiger partial charge in [0.05, 0.1) is 64.7 Å². The summed E-state index contributed by atoms with van der Waals surface area (Å²) in [5.74, 6) is -1.48. The molecule has 1 saturated heterocycles. The molecule has 340 valence electrons. The SMILES string of the molecule is COc1cc2nc(CCn3c(=O)n4n(c3=O)C3CC5C(=O)N(c6cc(-c7sc8ccc(Cl)cc8c7C)nn6C)C(=O)C5(C)C(c5cc(I)c(O)c(OC)c5)C3=CC4)c(=O)n(C)c2cc1OC. The van der Waals surface area contributed by atoms with Gasteiger partial charge in [0, 0.05) is 60.9 Å². The van der Waals surface area contributed by atoms with Crippen LogP contribution in [0.25, 0.3) is 31.7 Å². The number of aromatic hydroxyl groups is 1. The number of phenols is 1. The van der Waals surface area contributed by atoms with Gasteiger partial charge in [0.25, 0.3) is 5.56 Å². The number of anilines is 1. The van der Waals surface area contributed by atoms with E-state index in [1.165, 1.54) is 56.2 Å². The van der Waals surface area contributed by atoms with E-state index in [9.17, 15) is 19.5 Å². The molecule has 3 aromatic carbocycles. The molecule has 2 aliphatic heterocycles. The third-order valence-corrected chi connectivity index (χ3v) is 16.0. The summed E-state index contributed by atoms with van der Waals surface area (Å²) in [7, 11) is 7.72. The zero-order valence-corrected chi connectivity index (χ0v) is 40.4. The van der Waals surface area contributed by atoms with E-state index in [0.717, 1.165) is 25.1 Å². The molecule has 4 unspecified atom stereocenters. The molecule has 66 heavy (non-hydrogen) atoms. The van der Waals surface area contributed by atoms with Crippen molar-refractivity contribution >= 4 is 84.3 Å². The van der Waals surface area contributed by atoms with Crippen LogP contribution in [-0.4, -0.2) is 71.5 Å². The summed E-state index contributed by atoms with van der Waals surface area (Å²) >= 11 is 9.89. The zero-order valence-electron chi connectivity index (χ0n) is 36.7. The topological polar surface area (TPSA) is 187 Å². The smallest absolute Gasteiger partial charge is 0.347 e. The third kappa shape index (κ3) is 6.25. The van der Waals surface area contributed by atoms with Crippen LogP contribution in [0.4, 0.5) is 5.82 Å². The molecule has 0 bridgehead atoms. The van der Waals surface area contributed by atoms with E-state index >= 15 is 9.59 Å². The number of allylic oxidation sites excluding steroid dienone is 2. The Hall–Kier alpha value is -6.19. The van der Waals surface area contributed by atoms with Crippen LogP contribution in [0.2, 0.25) is 5.02 Å². The van der Waals surface area contributed by atoms with E-state index in [0.29, 0.717) is 48.0 Å². The van der Waals surface area contributed by atoms with Crippen molar-refractivity contribution in [2.24, 2.45) is 25.4 Å². The van der Waals surface area contributed by atoms with Crippen molar-refractivity contribution in [1.82, 2.24) is 33.3 Å². The minimum Gasteiger partial charge on any atom is -0.504 e. The first-order valence-corrected chi connectivity index (χ1v) is 23.2. The first-order chi connectivity index (χ1) is 31.5. The summed E-state index contributed by atoms with van der Waals surface area (Å²) in [5, 5.41) is 17.3. The van der Waals surface area contributed by atoms with Crippen molar-refractivity contribution in [3.63, 3.8) is 0 Å². The standard InChI is InChI=1S/C46H42ClIN8O9S/c1-21-25-16-23(47)8-9-36(25)66-40(21)30-19-37(52(4)50-30)55-41(58)26-17-31-24(38(46(26,2)43(55)60)22-14-27(48)39(57)35(15-22)65-7)10-13-54-44(61)53(45(62)56(31)54)12-11-28-42(59)51(3)32-20-34(64-6)33(63-5)18-29(32)49-28/h8-10,14-16,18-20,26,31,38,57H,11-13,17H2,1-7H3. The van der Waals surface area contributed by atoms with E-state index in [-0.39, 0.29) is 48.9 Å². The highest BCUT2D eigenvalue weighted by molar-refractivity contribution is 14.1. The number of halogens is 2. The van der Waals surface area contributed by atoms with E-state index in [1.54, 1.807) is 51.4 Å². The number of phenolic OH excluding ortho intramolecular Hbond substituents is 1. The number of nitrogens with zero attached hydrogens (tertiary/aromatic N) is 8. The van der Waals surface area contributed by atoms with Crippen molar-refractivity contribution in [2.45, 2.75) is 51.7 Å². The van der Waals surface area contributed by atoms with Gasteiger partial charge < -0.3 is 23.9 Å². The van der Waals surface area contributed by atoms with E-state index in [2.05, 4.69) is 4.98 Å². The van der Waals surface area contributed by atoms with Gasteiger partial charge in [0.15, 0.2) is 23.0 Å². The molecule has 1 N–H and O–H groups in total. The van der Waals surface area contributed by atoms with Gasteiger partial charge in [-0.2, -0.15) is 5.10 Å². The van der Waals surface area contributed by atoms with Gasteiger partial charge in [-0.15, -0.1) is 11.3 Å². The molecule has 10 rings (SSSR count). The van der Waals surface area contributed by atoms with Crippen LogP contribution < -0.4 is 36.0 Å². The van der Waals surface area contributed by atoms with Gasteiger partial charge in [-0.3, -0.25) is 19.1 Å². The second-order valence-electron chi connectivity index (χ2n) is 17.0. The number of hydrogen-bond acceptors (Lipinski definition) is 12. The summed E-state index contributed by atoms with van der Waals surface area (Å²) in [5.41, 5.74) is 0.884. The fraction of sp³-hybridized carbons (Fsp3) is 0.326. The molecule has 0 radical (unpaired) electrons. The number of hydrogen-bond donors (Lipinski definition) is 1. The minimum atomic E-state index is -1.40. The number of imide groups is 1. The maximum Gasteiger partial charge on any atom is 0.347 e. The predicted molar refractivity (Wildman–Crippen MR) is 256 cm³/mol. The fourth-order valence-corrected chi connectivity index (χ4v) is 12.3. The Morgan fingerprint density at radius 3 is 2.41 bits per heavy atom. The molecule has 6 heterocycles. The number of aromatic nitrogens is 7. The summed E-state index contributed by atoms with van der Waals surface area (Å²) in [6, 6.07) is 13.3. The van der Waals surface area contributed by atoms with Crippen molar-refractivity contribution < 1.29 is 28.9 Å². The highest BCUT2D eigenvalue weighted by Gasteiger charge is 2.66. The highest BCUT2D eigenvalue weighted by Crippen LogP contribution is 2.62. The van der Waals surface area contributed by atoms with Crippen LogP contribution in [0.1, 0.15) is 42.1 Å². The Morgan fingerprint density at radius 1 is 0.955 bits per heavy atom. The number of benzene rings is 3. The molecule has 17 nitrogen and oxygen atoms in total. The quantitative estimate of drug-likeness (QED) is 0.100. The van der Waals surface area contributed by atoms with E-state index in [1.807, 2.05) is 53.8 Å². The lowest BCUT2D eigenvalue weighted by atomic mass is 9.56. The van der Waals surface area contributed by atoms with Crippen LogP contribution in [0, 0.1) is 21.8 Å². The Bertz CT molecular complexity index is 3490. The molecular formula is C46H42ClIN8O9S. The van der Waals surface area contributed by atoms with Crippen molar-refractivity contribution in [3.05, 3.63) is 117 Å². The number of carbonyl (C=O) groups is 2. The number of carbonyl (C=O) groups excluding carboxylic acids is 2. The van der Waals surface area contributed by atoms with Gasteiger partial charge in [0.1, 0.15) is 17.2 Å². The number of ether oxygens (including phenoxy) is 3. The van der Waals surface area contributed by atoms with E-state index in [4.69, 9.17) is 30.9 Å². The molecule has 7 aromatic rings. The average molecular weight is 1050 g/mol.